The highest BCUT2D eigenvalue weighted by molar-refractivity contribution is 6.30. The predicted octanol–water partition coefficient (Wildman–Crippen LogP) is 2.31. The van der Waals surface area contributed by atoms with Crippen molar-refractivity contribution in [3.8, 4) is 0 Å². The number of pyridine rings is 1. The molecule has 0 aliphatic heterocycles. The van der Waals surface area contributed by atoms with E-state index in [-0.39, 0.29) is 5.91 Å². The number of aromatic nitrogens is 2. The number of carbonyl (C=O) groups is 1. The average Bonchev–Trinajstić information content (AvgIpc) is 2.78. The average molecular weight is 266 g/mol. The fourth-order valence-corrected chi connectivity index (χ4v) is 2.03. The van der Waals surface area contributed by atoms with Gasteiger partial charge in [-0.3, -0.25) is 4.79 Å². The Morgan fingerprint density at radius 1 is 1.56 bits per heavy atom. The van der Waals surface area contributed by atoms with Crippen molar-refractivity contribution in [2.24, 2.45) is 0 Å². The molecule has 2 heterocycles. The van der Waals surface area contributed by atoms with E-state index in [1.807, 2.05) is 35.7 Å². The zero-order valence-electron chi connectivity index (χ0n) is 10.5. The zero-order chi connectivity index (χ0) is 13.1. The van der Waals surface area contributed by atoms with Gasteiger partial charge >= 0.3 is 0 Å². The summed E-state index contributed by atoms with van der Waals surface area (Å²) >= 11 is 5.85. The lowest BCUT2D eigenvalue weighted by Gasteiger charge is -2.21. The lowest BCUT2D eigenvalue weighted by Crippen LogP contribution is -2.35. The number of fused-ring (bicyclic) bond motifs is 1. The van der Waals surface area contributed by atoms with Crippen molar-refractivity contribution in [1.29, 1.82) is 0 Å². The van der Waals surface area contributed by atoms with E-state index in [1.54, 1.807) is 18.0 Å². The van der Waals surface area contributed by atoms with Crippen LogP contribution in [0.5, 0.6) is 0 Å². The molecular weight excluding hydrogens is 250 g/mol. The summed E-state index contributed by atoms with van der Waals surface area (Å²) in [7, 11) is 0. The van der Waals surface area contributed by atoms with Gasteiger partial charge in [0, 0.05) is 12.7 Å². The molecule has 1 atom stereocenters. The smallest absolute Gasteiger partial charge is 0.240 e. The first kappa shape index (κ1) is 12.9. The van der Waals surface area contributed by atoms with Crippen LogP contribution in [-0.4, -0.2) is 32.1 Å². The van der Waals surface area contributed by atoms with Gasteiger partial charge < -0.3 is 9.30 Å². The van der Waals surface area contributed by atoms with Crippen molar-refractivity contribution in [1.82, 2.24) is 14.3 Å². The maximum Gasteiger partial charge on any atom is 0.240 e. The van der Waals surface area contributed by atoms with E-state index < -0.39 is 5.38 Å². The molecule has 0 aliphatic carbocycles. The Kier molecular flexibility index (Phi) is 3.87. The second-order valence-electron chi connectivity index (χ2n) is 4.15. The Balaban J connectivity index is 2.24. The van der Waals surface area contributed by atoms with Crippen LogP contribution in [0.2, 0.25) is 0 Å². The van der Waals surface area contributed by atoms with Crippen LogP contribution in [0.4, 0.5) is 0 Å². The molecule has 96 valence electrons. The van der Waals surface area contributed by atoms with Crippen LogP contribution in [0.1, 0.15) is 19.5 Å². The molecule has 0 bridgehead atoms. The van der Waals surface area contributed by atoms with Crippen LogP contribution in [0.3, 0.4) is 0 Å². The highest BCUT2D eigenvalue weighted by atomic mass is 35.5. The molecule has 0 saturated carbocycles. The van der Waals surface area contributed by atoms with Crippen LogP contribution in [-0.2, 0) is 11.3 Å². The number of amides is 1. The van der Waals surface area contributed by atoms with E-state index >= 15 is 0 Å². The summed E-state index contributed by atoms with van der Waals surface area (Å²) in [6.07, 6.45) is 3.74. The molecule has 4 nitrogen and oxygen atoms in total. The normalized spacial score (nSPS) is 12.6. The van der Waals surface area contributed by atoms with Crippen molar-refractivity contribution in [2.75, 3.05) is 6.54 Å². The standard InChI is InChI=1S/C13H16ClN3O/c1-3-16(13(18)10(2)14)9-11-8-15-12-6-4-5-7-17(11)12/h4-8,10H,3,9H2,1-2H3. The van der Waals surface area contributed by atoms with E-state index in [1.165, 1.54) is 0 Å². The number of imidazole rings is 1. The molecule has 0 aromatic carbocycles. The van der Waals surface area contributed by atoms with Gasteiger partial charge in [0.2, 0.25) is 5.91 Å². The maximum absolute atomic E-state index is 11.9. The quantitative estimate of drug-likeness (QED) is 0.796. The molecule has 0 spiro atoms. The third-order valence-electron chi connectivity index (χ3n) is 2.88. The molecule has 1 amide bonds. The van der Waals surface area contributed by atoms with Gasteiger partial charge in [-0.15, -0.1) is 11.6 Å². The summed E-state index contributed by atoms with van der Waals surface area (Å²) in [6.45, 7) is 4.80. The van der Waals surface area contributed by atoms with E-state index in [9.17, 15) is 4.79 Å². The minimum atomic E-state index is -0.496. The molecule has 2 aromatic rings. The van der Waals surface area contributed by atoms with Gasteiger partial charge in [-0.2, -0.15) is 0 Å². The third kappa shape index (κ3) is 2.48. The van der Waals surface area contributed by atoms with Crippen molar-refractivity contribution in [2.45, 2.75) is 25.8 Å². The Morgan fingerprint density at radius 2 is 2.33 bits per heavy atom. The lowest BCUT2D eigenvalue weighted by molar-refractivity contribution is -0.130. The van der Waals surface area contributed by atoms with Crippen molar-refractivity contribution in [3.63, 3.8) is 0 Å². The number of hydrogen-bond acceptors (Lipinski definition) is 2. The number of alkyl halides is 1. The van der Waals surface area contributed by atoms with E-state index in [0.717, 1.165) is 11.3 Å². The number of hydrogen-bond donors (Lipinski definition) is 0. The molecule has 18 heavy (non-hydrogen) atoms. The molecule has 5 heteroatoms. The number of carbonyl (C=O) groups excluding carboxylic acids is 1. The van der Waals surface area contributed by atoms with E-state index in [4.69, 9.17) is 11.6 Å². The van der Waals surface area contributed by atoms with Crippen LogP contribution in [0.15, 0.2) is 30.6 Å². The van der Waals surface area contributed by atoms with Gasteiger partial charge in [0.05, 0.1) is 18.4 Å². The summed E-state index contributed by atoms with van der Waals surface area (Å²) in [5.74, 6) is -0.0509. The van der Waals surface area contributed by atoms with Gasteiger partial charge in [-0.25, -0.2) is 4.98 Å². The Morgan fingerprint density at radius 3 is 3.00 bits per heavy atom. The molecule has 0 aliphatic rings. The first-order chi connectivity index (χ1) is 8.63. The van der Waals surface area contributed by atoms with Crippen molar-refractivity contribution >= 4 is 23.2 Å². The van der Waals surface area contributed by atoms with Crippen LogP contribution in [0, 0.1) is 0 Å². The predicted molar refractivity (Wildman–Crippen MR) is 71.6 cm³/mol. The fourth-order valence-electron chi connectivity index (χ4n) is 1.89. The monoisotopic (exact) mass is 265 g/mol. The zero-order valence-corrected chi connectivity index (χ0v) is 11.3. The third-order valence-corrected chi connectivity index (χ3v) is 3.07. The molecule has 2 rings (SSSR count). The Bertz CT molecular complexity index is 550. The summed E-state index contributed by atoms with van der Waals surface area (Å²) in [6, 6.07) is 5.82. The van der Waals surface area contributed by atoms with Crippen LogP contribution >= 0.6 is 11.6 Å². The van der Waals surface area contributed by atoms with Crippen molar-refractivity contribution in [3.05, 3.63) is 36.3 Å². The molecule has 1 unspecified atom stereocenters. The molecule has 0 radical (unpaired) electrons. The van der Waals surface area contributed by atoms with E-state index in [0.29, 0.717) is 13.1 Å². The van der Waals surface area contributed by atoms with Crippen LogP contribution < -0.4 is 0 Å². The van der Waals surface area contributed by atoms with Crippen molar-refractivity contribution < 1.29 is 4.79 Å². The topological polar surface area (TPSA) is 37.6 Å². The van der Waals surface area contributed by atoms with Gasteiger partial charge in [0.1, 0.15) is 11.0 Å². The van der Waals surface area contributed by atoms with Gasteiger partial charge in [0.25, 0.3) is 0 Å². The number of nitrogens with zero attached hydrogens (tertiary/aromatic N) is 3. The SMILES string of the molecule is CCN(Cc1cnc2ccccn12)C(=O)C(C)Cl. The summed E-state index contributed by atoms with van der Waals surface area (Å²) in [5, 5.41) is -0.496. The fraction of sp³-hybridized carbons (Fsp3) is 0.385. The second kappa shape index (κ2) is 5.40. The number of halogens is 1. The molecule has 0 fully saturated rings. The van der Waals surface area contributed by atoms with Gasteiger partial charge in [-0.05, 0) is 26.0 Å². The first-order valence-corrected chi connectivity index (χ1v) is 6.41. The van der Waals surface area contributed by atoms with Crippen LogP contribution in [0.25, 0.3) is 5.65 Å². The highest BCUT2D eigenvalue weighted by Gasteiger charge is 2.18. The summed E-state index contributed by atoms with van der Waals surface area (Å²) in [5.41, 5.74) is 1.87. The summed E-state index contributed by atoms with van der Waals surface area (Å²) in [4.78, 5) is 17.9. The Hall–Kier alpha value is -1.55. The molecule has 2 aromatic heterocycles. The van der Waals surface area contributed by atoms with Gasteiger partial charge in [-0.1, -0.05) is 6.07 Å². The van der Waals surface area contributed by atoms with Gasteiger partial charge in [0.15, 0.2) is 0 Å². The maximum atomic E-state index is 11.9. The largest absolute Gasteiger partial charge is 0.336 e. The first-order valence-electron chi connectivity index (χ1n) is 5.97. The molecule has 0 N–H and O–H groups in total. The lowest BCUT2D eigenvalue weighted by atomic mass is 10.3. The minimum absolute atomic E-state index is 0.0509. The summed E-state index contributed by atoms with van der Waals surface area (Å²) < 4.78 is 1.98. The molecule has 0 saturated heterocycles. The second-order valence-corrected chi connectivity index (χ2v) is 4.80. The number of rotatable bonds is 4. The Labute approximate surface area is 111 Å². The highest BCUT2D eigenvalue weighted by Crippen LogP contribution is 2.11. The minimum Gasteiger partial charge on any atom is -0.336 e. The molecular formula is C13H16ClN3O. The van der Waals surface area contributed by atoms with E-state index in [2.05, 4.69) is 4.98 Å².